The first-order valence-corrected chi connectivity index (χ1v) is 10.5. The number of nitriles is 1. The molecule has 11 heteroatoms. The SMILES string of the molecule is CO[C@@H]1COC[C@H]1ON(c1cnn(C)c1)c1ncc2cc(C#N)n([C@H]3COC[C@@H]3C)c2n1. The highest BCUT2D eigenvalue weighted by Gasteiger charge is 2.34. The summed E-state index contributed by atoms with van der Waals surface area (Å²) in [4.78, 5) is 15.6. The predicted molar refractivity (Wildman–Crippen MR) is 113 cm³/mol. The molecule has 0 aliphatic carbocycles. The number of aromatic nitrogens is 5. The van der Waals surface area contributed by atoms with Crippen molar-refractivity contribution in [3.8, 4) is 6.07 Å². The third-order valence-electron chi connectivity index (χ3n) is 5.97. The second kappa shape index (κ2) is 8.48. The topological polar surface area (TPSA) is 112 Å². The number of rotatable bonds is 6. The van der Waals surface area contributed by atoms with E-state index in [1.165, 1.54) is 0 Å². The Balaban J connectivity index is 1.58. The summed E-state index contributed by atoms with van der Waals surface area (Å²) in [6, 6.07) is 4.12. The summed E-state index contributed by atoms with van der Waals surface area (Å²) < 4.78 is 20.3. The van der Waals surface area contributed by atoms with Crippen LogP contribution in [0.2, 0.25) is 0 Å². The van der Waals surface area contributed by atoms with E-state index in [1.807, 2.05) is 23.9 Å². The Hall–Kier alpha value is -3.04. The van der Waals surface area contributed by atoms with Gasteiger partial charge in [-0.25, -0.2) is 4.98 Å². The summed E-state index contributed by atoms with van der Waals surface area (Å²) in [7, 11) is 3.46. The first kappa shape index (κ1) is 20.8. The maximum atomic E-state index is 9.74. The number of aryl methyl sites for hydroxylation is 1. The van der Waals surface area contributed by atoms with Crippen molar-refractivity contribution in [2.75, 3.05) is 38.6 Å². The standard InChI is InChI=1S/C21H25N7O4/c1-13-9-30-10-17(13)27-15(5-22)4-14-6-23-21(25-20(14)27)28(16-7-24-26(2)8-16)32-19-12-31-11-18(19)29-3/h4,6-8,13,17-19H,9-12H2,1-3H3/t13-,17-,18+,19+/m0/s1. The van der Waals surface area contributed by atoms with Crippen molar-refractivity contribution in [1.29, 1.82) is 5.26 Å². The molecule has 2 aliphatic heterocycles. The van der Waals surface area contributed by atoms with Gasteiger partial charge in [0.2, 0.25) is 0 Å². The van der Waals surface area contributed by atoms with E-state index in [2.05, 4.69) is 23.1 Å². The third kappa shape index (κ3) is 3.61. The van der Waals surface area contributed by atoms with Crippen LogP contribution >= 0.6 is 0 Å². The lowest BCUT2D eigenvalue weighted by Gasteiger charge is -2.26. The Bertz CT molecular complexity index is 1150. The van der Waals surface area contributed by atoms with Crippen molar-refractivity contribution in [2.45, 2.75) is 25.2 Å². The lowest BCUT2D eigenvalue weighted by atomic mass is 10.1. The molecule has 0 spiro atoms. The molecule has 0 unspecified atom stereocenters. The summed E-state index contributed by atoms with van der Waals surface area (Å²) in [5.41, 5.74) is 1.87. The molecule has 4 atom stereocenters. The number of ether oxygens (including phenoxy) is 3. The fourth-order valence-electron chi connectivity index (χ4n) is 4.20. The van der Waals surface area contributed by atoms with Crippen molar-refractivity contribution in [1.82, 2.24) is 24.3 Å². The molecule has 0 radical (unpaired) electrons. The van der Waals surface area contributed by atoms with Gasteiger partial charge in [-0.2, -0.15) is 20.4 Å². The third-order valence-corrected chi connectivity index (χ3v) is 5.97. The number of methoxy groups -OCH3 is 1. The Kier molecular flexibility index (Phi) is 5.52. The minimum Gasteiger partial charge on any atom is -0.379 e. The highest BCUT2D eigenvalue weighted by atomic mass is 16.7. The average molecular weight is 439 g/mol. The van der Waals surface area contributed by atoms with Crippen LogP contribution in [0.15, 0.2) is 24.7 Å². The molecular weight excluding hydrogens is 414 g/mol. The number of nitrogens with zero attached hydrogens (tertiary/aromatic N) is 7. The maximum Gasteiger partial charge on any atom is 0.256 e. The average Bonchev–Trinajstić information content (AvgIpc) is 3.57. The van der Waals surface area contributed by atoms with E-state index in [-0.39, 0.29) is 24.2 Å². The Labute approximate surface area is 185 Å². The van der Waals surface area contributed by atoms with E-state index in [0.29, 0.717) is 49.4 Å². The first-order valence-electron chi connectivity index (χ1n) is 10.5. The zero-order valence-corrected chi connectivity index (χ0v) is 18.2. The molecule has 2 aliphatic rings. The smallest absolute Gasteiger partial charge is 0.256 e. The molecular formula is C21H25N7O4. The number of hydrogen-bond acceptors (Lipinski definition) is 9. The molecule has 168 valence electrons. The number of fused-ring (bicyclic) bond motifs is 1. The number of anilines is 2. The fraction of sp³-hybridized carbons (Fsp3) is 0.524. The van der Waals surface area contributed by atoms with Crippen LogP contribution in [0, 0.1) is 17.2 Å². The molecule has 32 heavy (non-hydrogen) atoms. The number of hydrogen-bond donors (Lipinski definition) is 0. The van der Waals surface area contributed by atoms with E-state index in [9.17, 15) is 5.26 Å². The summed E-state index contributed by atoms with van der Waals surface area (Å²) in [6.45, 7) is 4.15. The molecule has 3 aromatic heterocycles. The van der Waals surface area contributed by atoms with Gasteiger partial charge in [0, 0.05) is 31.7 Å². The van der Waals surface area contributed by atoms with Crippen molar-refractivity contribution >= 4 is 22.7 Å². The zero-order chi connectivity index (χ0) is 22.2. The van der Waals surface area contributed by atoms with Crippen LogP contribution in [-0.2, 0) is 26.1 Å². The van der Waals surface area contributed by atoms with Crippen molar-refractivity contribution < 1.29 is 19.0 Å². The normalized spacial score (nSPS) is 25.4. The van der Waals surface area contributed by atoms with Gasteiger partial charge in [0.25, 0.3) is 5.95 Å². The van der Waals surface area contributed by atoms with E-state index < -0.39 is 0 Å². The van der Waals surface area contributed by atoms with Crippen molar-refractivity contribution in [3.05, 3.63) is 30.4 Å². The van der Waals surface area contributed by atoms with Gasteiger partial charge in [0.15, 0.2) is 0 Å². The maximum absolute atomic E-state index is 9.74. The largest absolute Gasteiger partial charge is 0.379 e. The van der Waals surface area contributed by atoms with Gasteiger partial charge in [-0.1, -0.05) is 6.92 Å². The van der Waals surface area contributed by atoms with Gasteiger partial charge in [-0.05, 0) is 6.07 Å². The van der Waals surface area contributed by atoms with E-state index >= 15 is 0 Å². The van der Waals surface area contributed by atoms with Crippen molar-refractivity contribution in [2.24, 2.45) is 13.0 Å². The second-order valence-electron chi connectivity index (χ2n) is 8.16. The second-order valence-corrected chi connectivity index (χ2v) is 8.16. The van der Waals surface area contributed by atoms with Crippen LogP contribution in [0.25, 0.3) is 11.0 Å². The molecule has 0 saturated carbocycles. The summed E-state index contributed by atoms with van der Waals surface area (Å²) in [6.07, 6.45) is 4.67. The Morgan fingerprint density at radius 2 is 2.00 bits per heavy atom. The van der Waals surface area contributed by atoms with E-state index in [1.54, 1.807) is 29.2 Å². The minimum absolute atomic E-state index is 0.0266. The van der Waals surface area contributed by atoms with E-state index in [4.69, 9.17) is 24.0 Å². The fourth-order valence-corrected chi connectivity index (χ4v) is 4.20. The summed E-state index contributed by atoms with van der Waals surface area (Å²) in [5.74, 6) is 0.600. The molecule has 5 rings (SSSR count). The lowest BCUT2D eigenvalue weighted by molar-refractivity contribution is -0.0298. The molecule has 5 heterocycles. The highest BCUT2D eigenvalue weighted by molar-refractivity contribution is 5.79. The monoisotopic (exact) mass is 439 g/mol. The van der Waals surface area contributed by atoms with Gasteiger partial charge in [0.1, 0.15) is 35.3 Å². The molecule has 0 bridgehead atoms. The molecule has 0 amide bonds. The Morgan fingerprint density at radius 1 is 1.19 bits per heavy atom. The Morgan fingerprint density at radius 3 is 2.69 bits per heavy atom. The first-order chi connectivity index (χ1) is 15.6. The van der Waals surface area contributed by atoms with Gasteiger partial charge < -0.3 is 18.8 Å². The zero-order valence-electron chi connectivity index (χ0n) is 18.2. The minimum atomic E-state index is -0.329. The van der Waals surface area contributed by atoms with Gasteiger partial charge in [-0.3, -0.25) is 9.52 Å². The van der Waals surface area contributed by atoms with Crippen LogP contribution in [-0.4, -0.2) is 70.1 Å². The van der Waals surface area contributed by atoms with Crippen molar-refractivity contribution in [3.63, 3.8) is 0 Å². The van der Waals surface area contributed by atoms with Crippen LogP contribution in [0.4, 0.5) is 11.6 Å². The predicted octanol–water partition coefficient (Wildman–Crippen LogP) is 1.73. The lowest BCUT2D eigenvalue weighted by Crippen LogP contribution is -2.35. The quantitative estimate of drug-likeness (QED) is 0.530. The molecule has 2 fully saturated rings. The summed E-state index contributed by atoms with van der Waals surface area (Å²) in [5, 5.41) is 16.3. The molecule has 0 aromatic carbocycles. The molecule has 2 saturated heterocycles. The van der Waals surface area contributed by atoms with Crippen LogP contribution in [0.5, 0.6) is 0 Å². The summed E-state index contributed by atoms with van der Waals surface area (Å²) >= 11 is 0. The van der Waals surface area contributed by atoms with Gasteiger partial charge in [0.05, 0.1) is 44.9 Å². The highest BCUT2D eigenvalue weighted by Crippen LogP contribution is 2.33. The van der Waals surface area contributed by atoms with E-state index in [0.717, 1.165) is 5.39 Å². The van der Waals surface area contributed by atoms with Crippen LogP contribution in [0.3, 0.4) is 0 Å². The van der Waals surface area contributed by atoms with Crippen LogP contribution < -0.4 is 5.06 Å². The van der Waals surface area contributed by atoms with Gasteiger partial charge >= 0.3 is 0 Å². The van der Waals surface area contributed by atoms with Gasteiger partial charge in [-0.15, -0.1) is 0 Å². The van der Waals surface area contributed by atoms with Crippen LogP contribution in [0.1, 0.15) is 18.7 Å². The molecule has 11 nitrogen and oxygen atoms in total. The molecule has 3 aromatic rings. The molecule has 0 N–H and O–H groups in total.